The highest BCUT2D eigenvalue weighted by atomic mass is 32.2. The van der Waals surface area contributed by atoms with E-state index in [9.17, 15) is 4.39 Å². The van der Waals surface area contributed by atoms with Gasteiger partial charge in [-0.15, -0.1) is 11.8 Å². The van der Waals surface area contributed by atoms with Crippen LogP contribution in [0.4, 0.5) is 10.1 Å². The van der Waals surface area contributed by atoms with Crippen LogP contribution in [0.3, 0.4) is 0 Å². The molecular weight excluding hydrogens is 361 g/mol. The molecule has 0 aliphatic carbocycles. The van der Waals surface area contributed by atoms with E-state index in [2.05, 4.69) is 20.9 Å². The fourth-order valence-electron chi connectivity index (χ4n) is 3.43. The van der Waals surface area contributed by atoms with E-state index in [1.54, 1.807) is 24.9 Å². The van der Waals surface area contributed by atoms with E-state index in [4.69, 9.17) is 4.74 Å². The van der Waals surface area contributed by atoms with Gasteiger partial charge in [0.15, 0.2) is 0 Å². The van der Waals surface area contributed by atoms with Crippen molar-refractivity contribution in [3.8, 4) is 5.75 Å². The van der Waals surface area contributed by atoms with Crippen molar-refractivity contribution in [1.82, 2.24) is 9.97 Å². The molecule has 4 nitrogen and oxygen atoms in total. The largest absolute Gasteiger partial charge is 0.497 e. The maximum absolute atomic E-state index is 14.4. The Hall–Kier alpha value is -2.47. The van der Waals surface area contributed by atoms with Crippen LogP contribution in [0.15, 0.2) is 53.6 Å². The van der Waals surface area contributed by atoms with Gasteiger partial charge in [-0.3, -0.25) is 0 Å². The lowest BCUT2D eigenvalue weighted by Crippen LogP contribution is -2.24. The summed E-state index contributed by atoms with van der Waals surface area (Å²) in [4.78, 5) is 11.2. The predicted molar refractivity (Wildman–Crippen MR) is 107 cm³/mol. The highest BCUT2D eigenvalue weighted by Crippen LogP contribution is 2.47. The van der Waals surface area contributed by atoms with E-state index in [0.717, 1.165) is 46.4 Å². The van der Waals surface area contributed by atoms with Crippen LogP contribution in [0.2, 0.25) is 0 Å². The van der Waals surface area contributed by atoms with E-state index in [1.807, 2.05) is 37.4 Å². The highest BCUT2D eigenvalue weighted by molar-refractivity contribution is 7.99. The summed E-state index contributed by atoms with van der Waals surface area (Å²) in [5.74, 6) is 1.60. The molecule has 140 valence electrons. The number of aryl methyl sites for hydroxylation is 1. The van der Waals surface area contributed by atoms with Crippen LogP contribution in [0.25, 0.3) is 0 Å². The van der Waals surface area contributed by atoms with Crippen molar-refractivity contribution in [3.63, 3.8) is 0 Å². The average Bonchev–Trinajstić information content (AvgIpc) is 3.00. The molecular formula is C21H22FN3OS. The number of hydrogen-bond donors (Lipinski definition) is 1. The molecule has 1 aliphatic heterocycles. The lowest BCUT2D eigenvalue weighted by molar-refractivity contribution is 0.413. The molecule has 4 rings (SSSR count). The number of fused-ring (bicyclic) bond motifs is 1. The van der Waals surface area contributed by atoms with Gasteiger partial charge in [0.25, 0.3) is 0 Å². The van der Waals surface area contributed by atoms with Gasteiger partial charge in [0.2, 0.25) is 0 Å². The Morgan fingerprint density at radius 2 is 2.15 bits per heavy atom. The second-order valence-electron chi connectivity index (χ2n) is 6.68. The summed E-state index contributed by atoms with van der Waals surface area (Å²) in [5.41, 5.74) is 2.94. The molecule has 0 bridgehead atoms. The number of anilines is 1. The molecule has 0 saturated heterocycles. The van der Waals surface area contributed by atoms with Crippen LogP contribution in [0.1, 0.15) is 28.8 Å². The molecule has 0 fully saturated rings. The number of aromatic amines is 1. The van der Waals surface area contributed by atoms with Gasteiger partial charge in [0.05, 0.1) is 19.3 Å². The van der Waals surface area contributed by atoms with Gasteiger partial charge in [-0.05, 0) is 37.6 Å². The van der Waals surface area contributed by atoms with Gasteiger partial charge in [0, 0.05) is 34.1 Å². The first kappa shape index (κ1) is 17.9. The van der Waals surface area contributed by atoms with Crippen molar-refractivity contribution in [2.24, 2.45) is 0 Å². The van der Waals surface area contributed by atoms with E-state index in [0.29, 0.717) is 6.54 Å². The van der Waals surface area contributed by atoms with Gasteiger partial charge in [0.1, 0.15) is 17.4 Å². The molecule has 27 heavy (non-hydrogen) atoms. The van der Waals surface area contributed by atoms with E-state index in [-0.39, 0.29) is 11.1 Å². The molecule has 0 spiro atoms. The third-order valence-electron chi connectivity index (χ3n) is 4.79. The van der Waals surface area contributed by atoms with Crippen LogP contribution < -0.4 is 9.64 Å². The number of aromatic nitrogens is 2. The molecule has 2 heterocycles. The first-order valence-electron chi connectivity index (χ1n) is 8.98. The fraction of sp³-hybridized carbons (Fsp3) is 0.286. The summed E-state index contributed by atoms with van der Waals surface area (Å²) in [6.07, 6.45) is 2.70. The van der Waals surface area contributed by atoms with Crippen LogP contribution >= 0.6 is 11.8 Å². The highest BCUT2D eigenvalue weighted by Gasteiger charge is 2.26. The first-order valence-corrected chi connectivity index (χ1v) is 9.86. The number of nitrogens with one attached hydrogen (secondary N) is 1. The van der Waals surface area contributed by atoms with Gasteiger partial charge in [-0.2, -0.15) is 0 Å². The third kappa shape index (κ3) is 3.81. The van der Waals surface area contributed by atoms with Gasteiger partial charge in [-0.25, -0.2) is 9.37 Å². The number of rotatable bonds is 4. The Kier molecular flexibility index (Phi) is 5.07. The topological polar surface area (TPSA) is 41.1 Å². The summed E-state index contributed by atoms with van der Waals surface area (Å²) >= 11 is 1.70. The van der Waals surface area contributed by atoms with Gasteiger partial charge in [-0.1, -0.05) is 18.2 Å². The molecule has 1 atom stereocenters. The second-order valence-corrected chi connectivity index (χ2v) is 7.93. The Bertz CT molecular complexity index is 943. The Morgan fingerprint density at radius 1 is 1.30 bits per heavy atom. The molecule has 1 aliphatic rings. The Balaban J connectivity index is 1.69. The lowest BCUT2D eigenvalue weighted by Gasteiger charge is -2.23. The van der Waals surface area contributed by atoms with E-state index < -0.39 is 0 Å². The molecule has 1 unspecified atom stereocenters. The molecule has 6 heteroatoms. The van der Waals surface area contributed by atoms with Crippen LogP contribution in [0.5, 0.6) is 5.75 Å². The SMILES string of the molecule is COc1ccc2c(c1)SC(c1ccccc1F)CCN2Cc1ncc(C)[nH]1. The molecule has 2 aromatic carbocycles. The van der Waals surface area contributed by atoms with Crippen LogP contribution in [-0.4, -0.2) is 23.6 Å². The quantitative estimate of drug-likeness (QED) is 0.680. The monoisotopic (exact) mass is 383 g/mol. The Morgan fingerprint density at radius 3 is 2.89 bits per heavy atom. The maximum atomic E-state index is 14.4. The zero-order chi connectivity index (χ0) is 18.8. The number of hydrogen-bond acceptors (Lipinski definition) is 4. The Labute approximate surface area is 162 Å². The number of ether oxygens (including phenoxy) is 1. The molecule has 0 radical (unpaired) electrons. The summed E-state index contributed by atoms with van der Waals surface area (Å²) < 4.78 is 19.8. The maximum Gasteiger partial charge on any atom is 0.127 e. The summed E-state index contributed by atoms with van der Waals surface area (Å²) in [7, 11) is 1.67. The zero-order valence-electron chi connectivity index (χ0n) is 15.4. The van der Waals surface area contributed by atoms with Crippen molar-refractivity contribution >= 4 is 17.4 Å². The molecule has 1 N–H and O–H groups in total. The van der Waals surface area contributed by atoms with E-state index >= 15 is 0 Å². The third-order valence-corrected chi connectivity index (χ3v) is 6.14. The summed E-state index contributed by atoms with van der Waals surface area (Å²) in [5, 5.41) is 0.0559. The van der Waals surface area contributed by atoms with Crippen molar-refractivity contribution in [2.45, 2.75) is 30.0 Å². The molecule has 0 amide bonds. The van der Waals surface area contributed by atoms with E-state index in [1.165, 1.54) is 6.07 Å². The molecule has 0 saturated carbocycles. The van der Waals surface area contributed by atoms with Crippen molar-refractivity contribution in [3.05, 3.63) is 71.6 Å². The standard InChI is InChI=1S/C21H22FN3OS/c1-14-12-23-21(24-14)13-25-10-9-19(16-5-3-4-6-17(16)22)27-20-11-15(26-2)7-8-18(20)25/h3-8,11-12,19H,9-10,13H2,1-2H3,(H,23,24). The smallest absolute Gasteiger partial charge is 0.127 e. The normalized spacial score (nSPS) is 16.7. The lowest BCUT2D eigenvalue weighted by atomic mass is 10.1. The molecule has 1 aromatic heterocycles. The fourth-order valence-corrected chi connectivity index (χ4v) is 4.78. The van der Waals surface area contributed by atoms with Crippen molar-refractivity contribution in [2.75, 3.05) is 18.6 Å². The second kappa shape index (κ2) is 7.64. The number of imidazole rings is 1. The first-order chi connectivity index (χ1) is 13.1. The number of methoxy groups -OCH3 is 1. The number of benzene rings is 2. The predicted octanol–water partition coefficient (Wildman–Crippen LogP) is 5.11. The minimum atomic E-state index is -0.144. The molecule has 3 aromatic rings. The van der Waals surface area contributed by atoms with Crippen LogP contribution in [-0.2, 0) is 6.54 Å². The summed E-state index contributed by atoms with van der Waals surface area (Å²) in [6, 6.07) is 13.2. The number of nitrogens with zero attached hydrogens (tertiary/aromatic N) is 2. The summed E-state index contributed by atoms with van der Waals surface area (Å²) in [6.45, 7) is 3.52. The zero-order valence-corrected chi connectivity index (χ0v) is 16.2. The number of thioether (sulfide) groups is 1. The van der Waals surface area contributed by atoms with Crippen molar-refractivity contribution < 1.29 is 9.13 Å². The van der Waals surface area contributed by atoms with Gasteiger partial charge < -0.3 is 14.6 Å². The number of halogens is 1. The average molecular weight is 383 g/mol. The minimum Gasteiger partial charge on any atom is -0.497 e. The number of H-pyrrole nitrogens is 1. The van der Waals surface area contributed by atoms with Crippen LogP contribution in [0, 0.1) is 12.7 Å². The minimum absolute atomic E-state index is 0.0559. The van der Waals surface area contributed by atoms with Gasteiger partial charge >= 0.3 is 0 Å². The van der Waals surface area contributed by atoms with Crippen molar-refractivity contribution in [1.29, 1.82) is 0 Å².